The molecule has 20 heteroatoms. The van der Waals surface area contributed by atoms with Crippen LogP contribution in [-0.2, 0) is 19.3 Å². The fourth-order valence-electron chi connectivity index (χ4n) is 9.00. The number of rotatable bonds is 9. The van der Waals surface area contributed by atoms with Gasteiger partial charge in [-0.15, -0.1) is 0 Å². The summed E-state index contributed by atoms with van der Waals surface area (Å²) < 4.78 is 48.0. The Morgan fingerprint density at radius 1 is 0.587 bits per heavy atom. The maximum Gasteiger partial charge on any atom is 0.410 e. The molecule has 0 aliphatic carbocycles. The average molecular weight is 1260 g/mol. The summed E-state index contributed by atoms with van der Waals surface area (Å²) in [4.78, 5) is 55.8. The molecule has 9 rings (SSSR count). The Kier molecular flexibility index (Phi) is 17.0. The molecule has 17 nitrogen and oxygen atoms in total. The van der Waals surface area contributed by atoms with E-state index in [1.807, 2.05) is 109 Å². The Morgan fingerprint density at radius 3 is 1.41 bits per heavy atom. The number of benzene rings is 3. The van der Waals surface area contributed by atoms with E-state index in [0.29, 0.717) is 56.2 Å². The molecule has 3 aromatic carbocycles. The van der Waals surface area contributed by atoms with Gasteiger partial charge in [-0.2, -0.15) is 4.98 Å². The van der Waals surface area contributed by atoms with Gasteiger partial charge in [0, 0.05) is 75.2 Å². The molecule has 2 saturated heterocycles. The third-order valence-electron chi connectivity index (χ3n) is 12.3. The van der Waals surface area contributed by atoms with Crippen LogP contribution in [0.15, 0.2) is 109 Å². The van der Waals surface area contributed by atoms with Gasteiger partial charge in [0.05, 0.1) is 46.8 Å². The van der Waals surface area contributed by atoms with E-state index in [2.05, 4.69) is 95.0 Å². The first-order valence-electron chi connectivity index (χ1n) is 24.7. The molecule has 2 amide bonds. The van der Waals surface area contributed by atoms with Crippen LogP contribution in [0.5, 0.6) is 11.8 Å². The number of hydrogen-bond acceptors (Lipinski definition) is 13. The summed E-state index contributed by atoms with van der Waals surface area (Å²) in [5.74, 6) is 0.704. The van der Waals surface area contributed by atoms with E-state index in [-0.39, 0.29) is 35.4 Å². The number of likely N-dealkylation sites (tertiary alicyclic amines) is 2. The quantitative estimate of drug-likeness (QED) is 0.0981. The summed E-state index contributed by atoms with van der Waals surface area (Å²) >= 11 is 4.55. The Balaban J connectivity index is 0.000000201. The lowest BCUT2D eigenvalue weighted by Gasteiger charge is -2.34. The first-order chi connectivity index (χ1) is 35.5. The van der Waals surface area contributed by atoms with Crippen LogP contribution in [0.25, 0.3) is 45.3 Å². The van der Waals surface area contributed by atoms with Crippen molar-refractivity contribution in [3.63, 3.8) is 0 Å². The Bertz CT molecular complexity index is 3240. The summed E-state index contributed by atoms with van der Waals surface area (Å²) in [6, 6.07) is 26.4. The number of carbonyl (C=O) groups is 2. The number of sulfone groups is 1. The Hall–Kier alpha value is -6.01. The Labute approximate surface area is 466 Å². The molecule has 0 spiro atoms. The number of ether oxygens (including phenoxy) is 3. The lowest BCUT2D eigenvalue weighted by Crippen LogP contribution is -2.42. The van der Waals surface area contributed by atoms with Crippen molar-refractivity contribution in [3.05, 3.63) is 122 Å². The number of amides is 2. The number of hydrogen-bond donors (Lipinski definition) is 0. The van der Waals surface area contributed by atoms with Gasteiger partial charge >= 0.3 is 18.2 Å². The first-order valence-corrected chi connectivity index (χ1v) is 28.8. The predicted molar refractivity (Wildman–Crippen MR) is 304 cm³/mol. The van der Waals surface area contributed by atoms with Gasteiger partial charge < -0.3 is 33.1 Å². The smallest absolute Gasteiger partial charge is 0.410 e. The molecule has 2 aliphatic rings. The molecule has 4 aromatic heterocycles. The van der Waals surface area contributed by atoms with Crippen molar-refractivity contribution < 1.29 is 32.2 Å². The molecule has 394 valence electrons. The van der Waals surface area contributed by atoms with Gasteiger partial charge in [0.25, 0.3) is 0 Å². The van der Waals surface area contributed by atoms with E-state index >= 15 is 0 Å². The SMILES string of the molecule is CC(C)(C)OC(=O)N1CCC(n2cnc(-c3ccc(I)cc3)c2-c2ccnc(S(C)(=O)=O)n2)CC1.Cc1cc(C)cc(Oc2nccc(-c3c(-c4ccc(I)cc4)ncn3C3CCN(C(=O)OC(C)(C)C)CC3)n2)c1. The van der Waals surface area contributed by atoms with Crippen LogP contribution in [0.3, 0.4) is 0 Å². The van der Waals surface area contributed by atoms with Crippen LogP contribution in [0.1, 0.15) is 90.4 Å². The minimum atomic E-state index is -3.58. The van der Waals surface area contributed by atoms with Crippen molar-refractivity contribution in [2.45, 2.75) is 110 Å². The zero-order valence-corrected chi connectivity index (χ0v) is 48.8. The number of aromatic nitrogens is 8. The van der Waals surface area contributed by atoms with Crippen LogP contribution in [0, 0.1) is 21.0 Å². The average Bonchev–Trinajstić information content (AvgIpc) is 4.00. The van der Waals surface area contributed by atoms with E-state index in [4.69, 9.17) is 29.2 Å². The number of imidazole rings is 2. The van der Waals surface area contributed by atoms with Crippen LogP contribution in [-0.4, -0.2) is 113 Å². The van der Waals surface area contributed by atoms with E-state index in [1.54, 1.807) is 28.4 Å². The van der Waals surface area contributed by atoms with Crippen LogP contribution >= 0.6 is 45.2 Å². The van der Waals surface area contributed by atoms with E-state index in [0.717, 1.165) is 71.3 Å². The third-order valence-corrected chi connectivity index (χ3v) is 14.6. The molecule has 0 unspecified atom stereocenters. The van der Waals surface area contributed by atoms with Gasteiger partial charge in [-0.25, -0.2) is 42.9 Å². The highest BCUT2D eigenvalue weighted by atomic mass is 127. The van der Waals surface area contributed by atoms with Gasteiger partial charge in [-0.05, 0) is 186 Å². The lowest BCUT2D eigenvalue weighted by molar-refractivity contribution is 0.0178. The van der Waals surface area contributed by atoms with Crippen LogP contribution < -0.4 is 4.74 Å². The van der Waals surface area contributed by atoms with Gasteiger partial charge in [0.1, 0.15) is 17.0 Å². The molecular weight excluding hydrogens is 1200 g/mol. The number of aryl methyl sites for hydroxylation is 2. The molecule has 75 heavy (non-hydrogen) atoms. The van der Waals surface area contributed by atoms with E-state index in [9.17, 15) is 18.0 Å². The zero-order chi connectivity index (χ0) is 53.8. The molecular formula is C55H62I2N10O7S. The summed E-state index contributed by atoms with van der Waals surface area (Å²) in [5, 5.41) is -0.226. The van der Waals surface area contributed by atoms with Crippen molar-refractivity contribution in [1.29, 1.82) is 0 Å². The summed E-state index contributed by atoms with van der Waals surface area (Å²) in [6.07, 6.45) is 10.3. The molecule has 0 bridgehead atoms. The summed E-state index contributed by atoms with van der Waals surface area (Å²) in [5.41, 5.74) is 7.51. The van der Waals surface area contributed by atoms with Gasteiger partial charge in [-0.1, -0.05) is 30.3 Å². The monoisotopic (exact) mass is 1260 g/mol. The fourth-order valence-corrected chi connectivity index (χ4v) is 10.2. The molecule has 7 aromatic rings. The zero-order valence-electron chi connectivity index (χ0n) is 43.6. The standard InChI is InChI=1S/C31H34IN5O3.C24H28IN5O4S/c1-20-16-21(2)18-25(17-20)39-29-33-13-10-26(35-29)28-27(22-6-8-23(32)9-7-22)34-19-37(28)24-11-14-36(15-12-24)30(38)40-31(3,4)5;1-24(2,3)34-23(31)29-13-10-18(11-14-29)30-15-27-20(16-5-7-17(25)8-6-16)21(30)19-9-12-26-22(28-19)35(4,32)33/h6-10,13,16-19,24H,11-12,14-15H2,1-5H3;5-9,12,15,18H,10-11,13-14H2,1-4H3. The fraction of sp³-hybridized carbons (Fsp3) is 0.382. The third kappa shape index (κ3) is 14.3. The van der Waals surface area contributed by atoms with E-state index < -0.39 is 21.0 Å². The molecule has 2 aliphatic heterocycles. The number of nitrogens with zero attached hydrogens (tertiary/aromatic N) is 10. The van der Waals surface area contributed by atoms with Crippen molar-refractivity contribution in [2.75, 3.05) is 32.4 Å². The second kappa shape index (κ2) is 23.1. The summed E-state index contributed by atoms with van der Waals surface area (Å²) in [7, 11) is -3.58. The van der Waals surface area contributed by atoms with Crippen molar-refractivity contribution in [2.24, 2.45) is 0 Å². The van der Waals surface area contributed by atoms with Crippen molar-refractivity contribution >= 4 is 67.2 Å². The molecule has 0 saturated carbocycles. The second-order valence-electron chi connectivity index (χ2n) is 20.8. The van der Waals surface area contributed by atoms with Gasteiger partial charge in [-0.3, -0.25) is 0 Å². The maximum atomic E-state index is 12.6. The van der Waals surface area contributed by atoms with E-state index in [1.165, 1.54) is 6.20 Å². The highest BCUT2D eigenvalue weighted by Gasteiger charge is 2.32. The highest BCUT2D eigenvalue weighted by Crippen LogP contribution is 2.38. The molecule has 0 radical (unpaired) electrons. The van der Waals surface area contributed by atoms with Crippen molar-refractivity contribution in [1.82, 2.24) is 48.8 Å². The maximum absolute atomic E-state index is 12.6. The first kappa shape index (κ1) is 55.2. The topological polar surface area (TPSA) is 190 Å². The van der Waals surface area contributed by atoms with Crippen molar-refractivity contribution in [3.8, 4) is 57.1 Å². The lowest BCUT2D eigenvalue weighted by atomic mass is 10.0. The predicted octanol–water partition coefficient (Wildman–Crippen LogP) is 12.2. The number of carbonyl (C=O) groups excluding carboxylic acids is 2. The largest absolute Gasteiger partial charge is 0.444 e. The number of piperidine rings is 2. The minimum Gasteiger partial charge on any atom is -0.444 e. The van der Waals surface area contributed by atoms with Crippen LogP contribution in [0.2, 0.25) is 0 Å². The van der Waals surface area contributed by atoms with Gasteiger partial charge in [0.2, 0.25) is 15.0 Å². The number of halogens is 2. The normalized spacial score (nSPS) is 14.8. The highest BCUT2D eigenvalue weighted by molar-refractivity contribution is 14.1. The second-order valence-corrected chi connectivity index (χ2v) is 25.2. The van der Waals surface area contributed by atoms with Crippen LogP contribution in [0.4, 0.5) is 9.59 Å². The molecule has 2 fully saturated rings. The van der Waals surface area contributed by atoms with Gasteiger partial charge in [0.15, 0.2) is 0 Å². The molecule has 6 heterocycles. The summed E-state index contributed by atoms with van der Waals surface area (Å²) in [6.45, 7) is 17.6. The Morgan fingerprint density at radius 2 is 1.00 bits per heavy atom. The minimum absolute atomic E-state index is 0.0606. The molecule has 0 atom stereocenters. The molecule has 0 N–H and O–H groups in total.